The van der Waals surface area contributed by atoms with Crippen molar-refractivity contribution in [3.05, 3.63) is 39.9 Å². The maximum absolute atomic E-state index is 11.9. The number of rotatable bonds is 9. The number of carboxylic acid groups (broad SMARTS) is 1. The number of nitrogens with zero attached hydrogens (tertiary/aromatic N) is 1. The highest BCUT2D eigenvalue weighted by Gasteiger charge is 2.25. The largest absolute Gasteiger partial charge is 0.481 e. The number of terminal acetylenes is 1. The molecule has 0 saturated heterocycles. The number of carbonyl (C=O) groups excluding carboxylic acids is 2. The molecule has 3 N–H and O–H groups in total. The summed E-state index contributed by atoms with van der Waals surface area (Å²) in [7, 11) is 0. The van der Waals surface area contributed by atoms with Gasteiger partial charge in [-0.05, 0) is 0 Å². The predicted molar refractivity (Wildman–Crippen MR) is 87.3 cm³/mol. The number of benzene rings is 1. The standard InChI is InChI=1S/C16H17N3O6/c1-2-9-17-15(21)10-12(18-14(20)7-8-16(22)23)11-5-3-4-6-13(11)19(24)25/h1,3-6,12H,7-10H2,(H,17,21)(H,18,20)(H,22,23). The lowest BCUT2D eigenvalue weighted by Gasteiger charge is -2.18. The Kier molecular flexibility index (Phi) is 7.59. The smallest absolute Gasteiger partial charge is 0.303 e. The summed E-state index contributed by atoms with van der Waals surface area (Å²) in [5, 5.41) is 24.7. The van der Waals surface area contributed by atoms with Gasteiger partial charge in [0.2, 0.25) is 11.8 Å². The van der Waals surface area contributed by atoms with Crippen LogP contribution in [0.1, 0.15) is 30.9 Å². The lowest BCUT2D eigenvalue weighted by Crippen LogP contribution is -2.34. The number of nitro groups is 1. The van der Waals surface area contributed by atoms with Crippen LogP contribution in [0.5, 0.6) is 0 Å². The van der Waals surface area contributed by atoms with Crippen molar-refractivity contribution in [1.82, 2.24) is 10.6 Å². The molecule has 1 aromatic carbocycles. The van der Waals surface area contributed by atoms with Gasteiger partial charge in [0, 0.05) is 12.5 Å². The van der Waals surface area contributed by atoms with Gasteiger partial charge < -0.3 is 15.7 Å². The van der Waals surface area contributed by atoms with Crippen LogP contribution in [0.4, 0.5) is 5.69 Å². The van der Waals surface area contributed by atoms with Crippen molar-refractivity contribution in [2.24, 2.45) is 0 Å². The third kappa shape index (κ3) is 6.70. The highest BCUT2D eigenvalue weighted by molar-refractivity contribution is 5.82. The highest BCUT2D eigenvalue weighted by Crippen LogP contribution is 2.27. The van der Waals surface area contributed by atoms with E-state index in [1.54, 1.807) is 0 Å². The third-order valence-corrected chi connectivity index (χ3v) is 3.19. The summed E-state index contributed by atoms with van der Waals surface area (Å²) in [4.78, 5) is 44.9. The average molecular weight is 347 g/mol. The van der Waals surface area contributed by atoms with Gasteiger partial charge in [-0.15, -0.1) is 6.42 Å². The van der Waals surface area contributed by atoms with Crippen molar-refractivity contribution in [2.45, 2.75) is 25.3 Å². The fourth-order valence-corrected chi connectivity index (χ4v) is 2.08. The van der Waals surface area contributed by atoms with E-state index >= 15 is 0 Å². The maximum Gasteiger partial charge on any atom is 0.303 e. The summed E-state index contributed by atoms with van der Waals surface area (Å²) in [5.74, 6) is -0.0566. The summed E-state index contributed by atoms with van der Waals surface area (Å²) in [6, 6.07) is 4.70. The Morgan fingerprint density at radius 2 is 1.92 bits per heavy atom. The van der Waals surface area contributed by atoms with Crippen LogP contribution in [0.25, 0.3) is 0 Å². The predicted octanol–water partition coefficient (Wildman–Crippen LogP) is 0.756. The molecule has 0 heterocycles. The lowest BCUT2D eigenvalue weighted by molar-refractivity contribution is -0.385. The fraction of sp³-hybridized carbons (Fsp3) is 0.312. The summed E-state index contributed by atoms with van der Waals surface area (Å²) in [6.07, 6.45) is 4.08. The molecule has 132 valence electrons. The van der Waals surface area contributed by atoms with E-state index in [9.17, 15) is 24.5 Å². The van der Waals surface area contributed by atoms with Crippen LogP contribution in [-0.4, -0.2) is 34.4 Å². The number of carboxylic acids is 1. The average Bonchev–Trinajstić information content (AvgIpc) is 2.57. The second-order valence-corrected chi connectivity index (χ2v) is 5.01. The second-order valence-electron chi connectivity index (χ2n) is 5.01. The Morgan fingerprint density at radius 3 is 2.52 bits per heavy atom. The van der Waals surface area contributed by atoms with Gasteiger partial charge >= 0.3 is 5.97 Å². The number of amides is 2. The Bertz CT molecular complexity index is 710. The van der Waals surface area contributed by atoms with E-state index in [1.807, 2.05) is 0 Å². The van der Waals surface area contributed by atoms with Crippen molar-refractivity contribution in [2.75, 3.05) is 6.54 Å². The summed E-state index contributed by atoms with van der Waals surface area (Å²) in [5.41, 5.74) is -0.109. The Balaban J connectivity index is 3.01. The lowest BCUT2D eigenvalue weighted by atomic mass is 10.0. The van der Waals surface area contributed by atoms with Gasteiger partial charge in [0.1, 0.15) is 0 Å². The third-order valence-electron chi connectivity index (χ3n) is 3.19. The summed E-state index contributed by atoms with van der Waals surface area (Å²) >= 11 is 0. The molecule has 0 aliphatic rings. The molecule has 0 aromatic heterocycles. The Morgan fingerprint density at radius 1 is 1.24 bits per heavy atom. The molecule has 25 heavy (non-hydrogen) atoms. The zero-order valence-corrected chi connectivity index (χ0v) is 13.2. The minimum atomic E-state index is -1.15. The quantitative estimate of drug-likeness (QED) is 0.342. The van der Waals surface area contributed by atoms with Gasteiger partial charge in [-0.25, -0.2) is 0 Å². The number of aliphatic carboxylic acids is 1. The van der Waals surface area contributed by atoms with Gasteiger partial charge in [-0.3, -0.25) is 24.5 Å². The zero-order valence-electron chi connectivity index (χ0n) is 13.2. The molecule has 0 saturated carbocycles. The molecular formula is C16H17N3O6. The van der Waals surface area contributed by atoms with Crippen molar-refractivity contribution < 1.29 is 24.4 Å². The SMILES string of the molecule is C#CCNC(=O)CC(NC(=O)CCC(=O)O)c1ccccc1[N+](=O)[O-]. The molecule has 1 rings (SSSR count). The molecule has 1 aromatic rings. The van der Waals surface area contributed by atoms with Crippen molar-refractivity contribution >= 4 is 23.5 Å². The van der Waals surface area contributed by atoms with Crippen LogP contribution in [0.2, 0.25) is 0 Å². The van der Waals surface area contributed by atoms with E-state index in [4.69, 9.17) is 11.5 Å². The first-order valence-corrected chi connectivity index (χ1v) is 7.29. The van der Waals surface area contributed by atoms with E-state index in [0.717, 1.165) is 0 Å². The molecule has 0 aliphatic carbocycles. The molecule has 2 amide bonds. The number of para-hydroxylation sites is 1. The highest BCUT2D eigenvalue weighted by atomic mass is 16.6. The molecule has 0 fully saturated rings. The minimum Gasteiger partial charge on any atom is -0.481 e. The van der Waals surface area contributed by atoms with Crippen molar-refractivity contribution in [1.29, 1.82) is 0 Å². The van der Waals surface area contributed by atoms with Crippen LogP contribution in [0.15, 0.2) is 24.3 Å². The molecule has 1 unspecified atom stereocenters. The minimum absolute atomic E-state index is 0.0185. The van der Waals surface area contributed by atoms with Gasteiger partial charge in [0.15, 0.2) is 0 Å². The molecule has 0 spiro atoms. The van der Waals surface area contributed by atoms with E-state index in [1.165, 1.54) is 24.3 Å². The van der Waals surface area contributed by atoms with E-state index < -0.39 is 35.2 Å². The molecular weight excluding hydrogens is 330 g/mol. The van der Waals surface area contributed by atoms with Crippen molar-refractivity contribution in [3.63, 3.8) is 0 Å². The molecule has 0 bridgehead atoms. The summed E-state index contributed by atoms with van der Waals surface area (Å²) < 4.78 is 0. The number of nitrogens with one attached hydrogen (secondary N) is 2. The molecule has 0 aliphatic heterocycles. The van der Waals surface area contributed by atoms with E-state index in [0.29, 0.717) is 0 Å². The first-order valence-electron chi connectivity index (χ1n) is 7.29. The second kappa shape index (κ2) is 9.67. The monoisotopic (exact) mass is 347 g/mol. The Hall–Kier alpha value is -3.41. The first kappa shape index (κ1) is 19.6. The topological polar surface area (TPSA) is 139 Å². The molecule has 9 heteroatoms. The molecule has 1 atom stereocenters. The summed E-state index contributed by atoms with van der Waals surface area (Å²) in [6.45, 7) is -0.0185. The number of carbonyl (C=O) groups is 3. The number of hydrogen-bond acceptors (Lipinski definition) is 5. The molecule has 0 radical (unpaired) electrons. The van der Waals surface area contributed by atoms with Gasteiger partial charge in [0.05, 0.1) is 35.9 Å². The normalized spacial score (nSPS) is 11.0. The van der Waals surface area contributed by atoms with Crippen molar-refractivity contribution in [3.8, 4) is 12.3 Å². The Labute approximate surface area is 143 Å². The van der Waals surface area contributed by atoms with E-state index in [2.05, 4.69) is 16.6 Å². The molecule has 9 nitrogen and oxygen atoms in total. The van der Waals surface area contributed by atoms with Crippen LogP contribution in [-0.2, 0) is 14.4 Å². The van der Waals surface area contributed by atoms with Crippen LogP contribution >= 0.6 is 0 Å². The number of nitro benzene ring substituents is 1. The zero-order chi connectivity index (χ0) is 18.8. The maximum atomic E-state index is 11.9. The van der Waals surface area contributed by atoms with Gasteiger partial charge in [-0.1, -0.05) is 24.1 Å². The van der Waals surface area contributed by atoms with Crippen LogP contribution in [0.3, 0.4) is 0 Å². The van der Waals surface area contributed by atoms with Gasteiger partial charge in [-0.2, -0.15) is 0 Å². The van der Waals surface area contributed by atoms with E-state index in [-0.39, 0.29) is 30.6 Å². The number of hydrogen-bond donors (Lipinski definition) is 3. The fourth-order valence-electron chi connectivity index (χ4n) is 2.08. The van der Waals surface area contributed by atoms with Gasteiger partial charge in [0.25, 0.3) is 5.69 Å². The van der Waals surface area contributed by atoms with Crippen LogP contribution < -0.4 is 10.6 Å². The first-order chi connectivity index (χ1) is 11.8. The van der Waals surface area contributed by atoms with Crippen LogP contribution in [0, 0.1) is 22.5 Å².